The Morgan fingerprint density at radius 3 is 2.49 bits per heavy atom. The van der Waals surface area contributed by atoms with E-state index in [-0.39, 0.29) is 17.8 Å². The summed E-state index contributed by atoms with van der Waals surface area (Å²) in [5.41, 5.74) is 2.73. The highest BCUT2D eigenvalue weighted by Gasteiger charge is 2.34. The molecule has 0 aromatic heterocycles. The zero-order valence-corrected chi connectivity index (χ0v) is 22.2. The van der Waals surface area contributed by atoms with Gasteiger partial charge in [-0.3, -0.25) is 14.5 Å². The molecule has 0 saturated carbocycles. The van der Waals surface area contributed by atoms with Crippen molar-refractivity contribution >= 4 is 63.0 Å². The normalized spacial score (nSPS) is 14.6. The summed E-state index contributed by atoms with van der Waals surface area (Å²) >= 11 is 13.3. The molecule has 0 bridgehead atoms. The van der Waals surface area contributed by atoms with E-state index in [1.165, 1.54) is 10.5 Å². The lowest BCUT2D eigenvalue weighted by atomic mass is 10.0. The topological polar surface area (TPSA) is 46.6 Å². The van der Waals surface area contributed by atoms with Gasteiger partial charge in [0.2, 0.25) is 0 Å². The molecule has 0 N–H and O–H groups in total. The van der Waals surface area contributed by atoms with Crippen molar-refractivity contribution < 1.29 is 14.3 Å². The van der Waals surface area contributed by atoms with Crippen LogP contribution in [0.3, 0.4) is 0 Å². The molecular weight excluding hydrogens is 525 g/mol. The van der Waals surface area contributed by atoms with Gasteiger partial charge in [-0.25, -0.2) is 0 Å². The van der Waals surface area contributed by atoms with Gasteiger partial charge in [-0.2, -0.15) is 0 Å². The van der Waals surface area contributed by atoms with Crippen molar-refractivity contribution in [1.29, 1.82) is 0 Å². The first-order valence-electron chi connectivity index (χ1n) is 11.9. The molecule has 4 nitrogen and oxygen atoms in total. The van der Waals surface area contributed by atoms with Crippen LogP contribution < -0.4 is 4.74 Å². The van der Waals surface area contributed by atoms with E-state index < -0.39 is 0 Å². The third-order valence-electron chi connectivity index (χ3n) is 6.17. The molecule has 1 saturated heterocycles. The third kappa shape index (κ3) is 5.85. The Morgan fingerprint density at radius 2 is 1.68 bits per heavy atom. The van der Waals surface area contributed by atoms with Crippen LogP contribution in [0.4, 0.5) is 4.79 Å². The largest absolute Gasteiger partial charge is 0.488 e. The van der Waals surface area contributed by atoms with E-state index in [1.54, 1.807) is 18.2 Å². The van der Waals surface area contributed by atoms with E-state index in [2.05, 4.69) is 0 Å². The number of fused-ring (bicyclic) bond motifs is 1. The molecule has 2 amide bonds. The maximum absolute atomic E-state index is 13.2. The van der Waals surface area contributed by atoms with Crippen LogP contribution in [0.15, 0.2) is 89.8 Å². The molecule has 1 aliphatic heterocycles. The number of ether oxygens (including phenoxy) is 1. The monoisotopic (exact) mass is 547 g/mol. The number of halogens is 2. The number of imide groups is 1. The lowest BCUT2D eigenvalue weighted by Crippen LogP contribution is -2.29. The van der Waals surface area contributed by atoms with Crippen molar-refractivity contribution in [2.24, 2.45) is 0 Å². The Bertz CT molecular complexity index is 1500. The maximum Gasteiger partial charge on any atom is 0.293 e. The zero-order valence-electron chi connectivity index (χ0n) is 19.8. The molecule has 1 heterocycles. The van der Waals surface area contributed by atoms with Gasteiger partial charge >= 0.3 is 0 Å². The summed E-state index contributed by atoms with van der Waals surface area (Å²) in [6.45, 7) is 0.612. The lowest BCUT2D eigenvalue weighted by molar-refractivity contribution is -0.122. The zero-order chi connectivity index (χ0) is 25.8. The van der Waals surface area contributed by atoms with E-state index in [0.717, 1.165) is 40.1 Å². The molecule has 4 aromatic carbocycles. The Balaban J connectivity index is 1.39. The second-order valence-corrected chi connectivity index (χ2v) is 10.5. The van der Waals surface area contributed by atoms with Crippen LogP contribution in [0, 0.1) is 0 Å². The summed E-state index contributed by atoms with van der Waals surface area (Å²) in [6, 6.07) is 27.0. The number of carbonyl (C=O) groups is 2. The molecule has 5 rings (SSSR count). The van der Waals surface area contributed by atoms with E-state index in [9.17, 15) is 9.59 Å². The van der Waals surface area contributed by atoms with Gasteiger partial charge in [0.1, 0.15) is 12.4 Å². The fourth-order valence-electron chi connectivity index (χ4n) is 4.25. The van der Waals surface area contributed by atoms with Crippen molar-refractivity contribution in [2.45, 2.75) is 19.4 Å². The maximum atomic E-state index is 13.2. The average molecular weight is 548 g/mol. The van der Waals surface area contributed by atoms with Gasteiger partial charge in [-0.15, -0.1) is 0 Å². The highest BCUT2D eigenvalue weighted by atomic mass is 35.5. The van der Waals surface area contributed by atoms with Gasteiger partial charge in [-0.05, 0) is 65.2 Å². The first-order valence-corrected chi connectivity index (χ1v) is 13.4. The first kappa shape index (κ1) is 25.4. The van der Waals surface area contributed by atoms with Gasteiger partial charge in [0.15, 0.2) is 0 Å². The van der Waals surface area contributed by atoms with E-state index in [4.69, 9.17) is 27.9 Å². The Morgan fingerprint density at radius 1 is 0.892 bits per heavy atom. The Labute approximate surface area is 229 Å². The summed E-state index contributed by atoms with van der Waals surface area (Å²) in [7, 11) is 0. The van der Waals surface area contributed by atoms with Gasteiger partial charge in [0, 0.05) is 27.7 Å². The van der Waals surface area contributed by atoms with Crippen LogP contribution in [-0.2, 0) is 17.8 Å². The quantitative estimate of drug-likeness (QED) is 0.208. The van der Waals surface area contributed by atoms with Crippen LogP contribution in [-0.4, -0.2) is 22.6 Å². The van der Waals surface area contributed by atoms with E-state index >= 15 is 0 Å². The van der Waals surface area contributed by atoms with Crippen LogP contribution in [0.1, 0.15) is 23.1 Å². The van der Waals surface area contributed by atoms with Crippen molar-refractivity contribution in [3.63, 3.8) is 0 Å². The molecule has 0 spiro atoms. The van der Waals surface area contributed by atoms with Crippen molar-refractivity contribution in [3.8, 4) is 5.75 Å². The smallest absolute Gasteiger partial charge is 0.293 e. The van der Waals surface area contributed by atoms with Crippen LogP contribution >= 0.6 is 35.0 Å². The van der Waals surface area contributed by atoms with Gasteiger partial charge in [-0.1, -0.05) is 89.9 Å². The number of carbonyl (C=O) groups excluding carboxylic acids is 2. The van der Waals surface area contributed by atoms with E-state index in [0.29, 0.717) is 33.7 Å². The van der Waals surface area contributed by atoms with Crippen LogP contribution in [0.5, 0.6) is 5.75 Å². The number of aryl methyl sites for hydroxylation is 1. The van der Waals surface area contributed by atoms with Crippen LogP contribution in [0.25, 0.3) is 16.8 Å². The number of benzene rings is 4. The highest BCUT2D eigenvalue weighted by molar-refractivity contribution is 8.18. The fourth-order valence-corrected chi connectivity index (χ4v) is 5.56. The molecule has 0 unspecified atom stereocenters. The molecule has 7 heteroatoms. The lowest BCUT2D eigenvalue weighted by Gasteiger charge is -2.14. The molecule has 1 fully saturated rings. The number of rotatable bonds is 8. The van der Waals surface area contributed by atoms with Gasteiger partial charge in [0.25, 0.3) is 11.1 Å². The molecule has 0 radical (unpaired) electrons. The summed E-state index contributed by atoms with van der Waals surface area (Å²) < 4.78 is 6.17. The van der Waals surface area contributed by atoms with Gasteiger partial charge < -0.3 is 4.74 Å². The number of hydrogen-bond acceptors (Lipinski definition) is 4. The van der Waals surface area contributed by atoms with Crippen LogP contribution in [0.2, 0.25) is 10.0 Å². The molecule has 1 aliphatic rings. The molecule has 0 aliphatic carbocycles. The second kappa shape index (κ2) is 11.4. The van der Waals surface area contributed by atoms with E-state index in [1.807, 2.05) is 72.8 Å². The number of hydrogen-bond donors (Lipinski definition) is 0. The van der Waals surface area contributed by atoms with Crippen molar-refractivity contribution in [2.75, 3.05) is 6.54 Å². The molecular formula is C30H23Cl2NO3S. The minimum absolute atomic E-state index is 0.232. The molecule has 0 atom stereocenters. The minimum atomic E-state index is -0.275. The highest BCUT2D eigenvalue weighted by Crippen LogP contribution is 2.37. The van der Waals surface area contributed by atoms with Crippen molar-refractivity contribution in [3.05, 3.63) is 117 Å². The summed E-state index contributed by atoms with van der Waals surface area (Å²) in [5.74, 6) is 0.322. The second-order valence-electron chi connectivity index (χ2n) is 8.65. The molecule has 186 valence electrons. The third-order valence-corrected chi connectivity index (χ3v) is 7.66. The Hall–Kier alpha value is -3.25. The number of amides is 2. The summed E-state index contributed by atoms with van der Waals surface area (Å²) in [4.78, 5) is 27.7. The predicted molar refractivity (Wildman–Crippen MR) is 152 cm³/mol. The fraction of sp³-hybridized carbons (Fsp3) is 0.133. The standard InChI is InChI=1S/C30H23Cl2NO3S/c31-23-14-12-22(26(32)17-23)19-36-27-15-13-21-10-4-5-11-24(21)25(27)18-28-29(34)33(30(35)37-28)16-6-9-20-7-2-1-3-8-20/h1-5,7-8,10-15,17-18H,6,9,16,19H2/b28-18+. The first-order chi connectivity index (χ1) is 18.0. The Kier molecular flexibility index (Phi) is 7.85. The SMILES string of the molecule is O=C1S/C(=C/c2c(OCc3ccc(Cl)cc3Cl)ccc3ccccc23)C(=O)N1CCCc1ccccc1. The molecule has 37 heavy (non-hydrogen) atoms. The average Bonchev–Trinajstić information content (AvgIpc) is 3.17. The summed E-state index contributed by atoms with van der Waals surface area (Å²) in [5, 5.41) is 2.76. The number of nitrogens with zero attached hydrogens (tertiary/aromatic N) is 1. The molecule has 4 aromatic rings. The predicted octanol–water partition coefficient (Wildman–Crippen LogP) is 8.39. The van der Waals surface area contributed by atoms with Crippen molar-refractivity contribution in [1.82, 2.24) is 4.90 Å². The van der Waals surface area contributed by atoms with Gasteiger partial charge in [0.05, 0.1) is 4.91 Å². The number of thioether (sulfide) groups is 1. The summed E-state index contributed by atoms with van der Waals surface area (Å²) in [6.07, 6.45) is 3.28. The minimum Gasteiger partial charge on any atom is -0.488 e.